The van der Waals surface area contributed by atoms with Crippen molar-refractivity contribution in [2.75, 3.05) is 6.54 Å². The summed E-state index contributed by atoms with van der Waals surface area (Å²) in [5, 5.41) is 0. The van der Waals surface area contributed by atoms with Crippen molar-refractivity contribution in [1.82, 2.24) is 4.98 Å². The van der Waals surface area contributed by atoms with Gasteiger partial charge in [-0.3, -0.25) is 4.98 Å². The number of aromatic nitrogens is 1. The molecule has 0 bridgehead atoms. The van der Waals surface area contributed by atoms with E-state index in [1.54, 1.807) is 0 Å². The van der Waals surface area contributed by atoms with Crippen LogP contribution in [0.4, 0.5) is 17.6 Å². The number of hydrogen-bond acceptors (Lipinski definition) is 2. The molecule has 1 unspecified atom stereocenters. The topological polar surface area (TPSA) is 38.9 Å². The van der Waals surface area contributed by atoms with Crippen molar-refractivity contribution >= 4 is 0 Å². The van der Waals surface area contributed by atoms with E-state index >= 15 is 0 Å². The second-order valence-corrected chi connectivity index (χ2v) is 4.26. The molecule has 0 aromatic carbocycles. The van der Waals surface area contributed by atoms with Crippen molar-refractivity contribution in [2.45, 2.75) is 24.7 Å². The van der Waals surface area contributed by atoms with Gasteiger partial charge in [0.25, 0.3) is 0 Å². The van der Waals surface area contributed by atoms with E-state index in [1.165, 1.54) is 0 Å². The van der Waals surface area contributed by atoms with Crippen LogP contribution in [0.2, 0.25) is 0 Å². The number of alkyl halides is 4. The van der Waals surface area contributed by atoms with E-state index < -0.39 is 35.4 Å². The predicted molar refractivity (Wildman–Crippen MR) is 53.8 cm³/mol. The molecule has 1 aliphatic carbocycles. The molecule has 94 valence electrons. The summed E-state index contributed by atoms with van der Waals surface area (Å²) >= 11 is 0. The van der Waals surface area contributed by atoms with Gasteiger partial charge in [-0.1, -0.05) is 0 Å². The van der Waals surface area contributed by atoms with Crippen molar-refractivity contribution in [3.63, 3.8) is 0 Å². The Bertz CT molecular complexity index is 414. The molecule has 6 heteroatoms. The fraction of sp³-hybridized carbons (Fsp3) is 0.545. The highest BCUT2D eigenvalue weighted by Crippen LogP contribution is 2.50. The van der Waals surface area contributed by atoms with Gasteiger partial charge in [0.05, 0.1) is 5.56 Å². The molecule has 2 nitrogen and oxygen atoms in total. The first-order valence-electron chi connectivity index (χ1n) is 5.30. The minimum atomic E-state index is -4.58. The van der Waals surface area contributed by atoms with Gasteiger partial charge in [0, 0.05) is 24.5 Å². The van der Waals surface area contributed by atoms with Gasteiger partial charge < -0.3 is 5.73 Å². The van der Waals surface area contributed by atoms with Crippen LogP contribution in [-0.2, 0) is 11.8 Å². The highest BCUT2D eigenvalue weighted by Gasteiger charge is 2.50. The third-order valence-corrected chi connectivity index (χ3v) is 3.10. The van der Waals surface area contributed by atoms with Gasteiger partial charge in [-0.25, -0.2) is 4.39 Å². The Balaban J connectivity index is 2.50. The third-order valence-electron chi connectivity index (χ3n) is 3.10. The van der Waals surface area contributed by atoms with Crippen LogP contribution in [0.3, 0.4) is 0 Å². The molecule has 17 heavy (non-hydrogen) atoms. The lowest BCUT2D eigenvalue weighted by molar-refractivity contribution is -0.139. The van der Waals surface area contributed by atoms with Crippen molar-refractivity contribution in [1.29, 1.82) is 0 Å². The predicted octanol–water partition coefficient (Wildman–Crippen LogP) is 2.63. The Kier molecular flexibility index (Phi) is 2.85. The van der Waals surface area contributed by atoms with Gasteiger partial charge >= 0.3 is 6.18 Å². The average Bonchev–Trinajstić information content (AvgIpc) is 3.11. The second-order valence-electron chi connectivity index (χ2n) is 4.26. The van der Waals surface area contributed by atoms with E-state index in [9.17, 15) is 17.6 Å². The summed E-state index contributed by atoms with van der Waals surface area (Å²) in [7, 11) is 0. The second kappa shape index (κ2) is 3.94. The maximum atomic E-state index is 14.6. The Hall–Kier alpha value is -1.17. The number of hydrogen-bond donors (Lipinski definition) is 1. The zero-order valence-electron chi connectivity index (χ0n) is 8.97. The lowest BCUT2D eigenvalue weighted by Gasteiger charge is -2.26. The van der Waals surface area contributed by atoms with Crippen LogP contribution in [-0.4, -0.2) is 11.5 Å². The van der Waals surface area contributed by atoms with Crippen LogP contribution < -0.4 is 5.73 Å². The van der Waals surface area contributed by atoms with Gasteiger partial charge in [0.2, 0.25) is 0 Å². The van der Waals surface area contributed by atoms with E-state index in [-0.39, 0.29) is 0 Å². The first-order chi connectivity index (χ1) is 7.89. The lowest BCUT2D eigenvalue weighted by Crippen LogP contribution is -2.35. The SMILES string of the molecule is NCC(F)(c1cnccc1C(F)(F)F)C1CC1. The molecule has 0 amide bonds. The zero-order valence-corrected chi connectivity index (χ0v) is 8.97. The maximum Gasteiger partial charge on any atom is 0.416 e. The molecular weight excluding hydrogens is 236 g/mol. The van der Waals surface area contributed by atoms with Crippen LogP contribution in [0.5, 0.6) is 0 Å². The minimum absolute atomic E-state index is 0.419. The molecular formula is C11H12F4N2. The third kappa shape index (κ3) is 2.13. The quantitative estimate of drug-likeness (QED) is 0.835. The van der Waals surface area contributed by atoms with Crippen molar-refractivity contribution in [3.8, 4) is 0 Å². The molecule has 1 aromatic heterocycles. The number of pyridine rings is 1. The van der Waals surface area contributed by atoms with Gasteiger partial charge in [-0.2, -0.15) is 13.2 Å². The van der Waals surface area contributed by atoms with Crippen LogP contribution in [0.25, 0.3) is 0 Å². The Labute approximate surface area is 95.8 Å². The molecule has 1 heterocycles. The molecule has 2 N–H and O–H groups in total. The van der Waals surface area contributed by atoms with E-state index in [1.807, 2.05) is 0 Å². The van der Waals surface area contributed by atoms with Crippen molar-refractivity contribution in [3.05, 3.63) is 29.6 Å². The van der Waals surface area contributed by atoms with Crippen molar-refractivity contribution in [2.24, 2.45) is 11.7 Å². The molecule has 1 aliphatic rings. The number of nitrogens with two attached hydrogens (primary N) is 1. The first-order valence-corrected chi connectivity index (χ1v) is 5.30. The van der Waals surface area contributed by atoms with E-state index in [0.717, 1.165) is 18.5 Å². The molecule has 0 radical (unpaired) electrons. The fourth-order valence-corrected chi connectivity index (χ4v) is 2.01. The standard InChI is InChI=1S/C11H12F4N2/c12-10(6-16,7-1-2-7)9-5-17-4-3-8(9)11(13,14)15/h3-5,7H,1-2,6,16H2. The smallest absolute Gasteiger partial charge is 0.327 e. The Morgan fingerprint density at radius 1 is 1.24 bits per heavy atom. The summed E-state index contributed by atoms with van der Waals surface area (Å²) in [6.45, 7) is -0.452. The monoisotopic (exact) mass is 248 g/mol. The molecule has 0 saturated heterocycles. The Morgan fingerprint density at radius 3 is 2.35 bits per heavy atom. The number of halogens is 4. The molecule has 1 atom stereocenters. The largest absolute Gasteiger partial charge is 0.416 e. The molecule has 0 aliphatic heterocycles. The first kappa shape index (κ1) is 12.3. The van der Waals surface area contributed by atoms with E-state index in [4.69, 9.17) is 5.73 Å². The van der Waals surface area contributed by atoms with Crippen LogP contribution in [0, 0.1) is 5.92 Å². The summed E-state index contributed by atoms with van der Waals surface area (Å²) in [4.78, 5) is 3.59. The van der Waals surface area contributed by atoms with Crippen LogP contribution in [0.1, 0.15) is 24.0 Å². The molecule has 2 rings (SSSR count). The van der Waals surface area contributed by atoms with Gasteiger partial charge in [-0.15, -0.1) is 0 Å². The minimum Gasteiger partial charge on any atom is -0.327 e. The van der Waals surface area contributed by atoms with Crippen LogP contribution >= 0.6 is 0 Å². The molecule has 1 aromatic rings. The highest BCUT2D eigenvalue weighted by atomic mass is 19.4. The van der Waals surface area contributed by atoms with Gasteiger partial charge in [0.15, 0.2) is 5.67 Å². The Morgan fingerprint density at radius 2 is 1.88 bits per heavy atom. The zero-order chi connectivity index (χ0) is 12.7. The fourth-order valence-electron chi connectivity index (χ4n) is 2.01. The highest BCUT2D eigenvalue weighted by molar-refractivity contribution is 5.34. The summed E-state index contributed by atoms with van der Waals surface area (Å²) in [5.41, 5.74) is 1.80. The van der Waals surface area contributed by atoms with E-state index in [2.05, 4.69) is 4.98 Å². The van der Waals surface area contributed by atoms with Gasteiger partial charge in [-0.05, 0) is 24.8 Å². The van der Waals surface area contributed by atoms with Crippen LogP contribution in [0.15, 0.2) is 18.5 Å². The summed E-state index contributed by atoms with van der Waals surface area (Å²) in [6.07, 6.45) is -1.50. The number of rotatable bonds is 3. The van der Waals surface area contributed by atoms with Crippen molar-refractivity contribution < 1.29 is 17.6 Å². The maximum absolute atomic E-state index is 14.6. The molecule has 1 saturated carbocycles. The molecule has 0 spiro atoms. The van der Waals surface area contributed by atoms with Gasteiger partial charge in [0.1, 0.15) is 0 Å². The summed E-state index contributed by atoms with van der Waals surface area (Å²) in [6, 6.07) is 0.793. The normalized spacial score (nSPS) is 20.1. The lowest BCUT2D eigenvalue weighted by atomic mass is 9.88. The van der Waals surface area contributed by atoms with E-state index in [0.29, 0.717) is 12.8 Å². The summed E-state index contributed by atoms with van der Waals surface area (Å²) in [5.74, 6) is -0.419. The summed E-state index contributed by atoms with van der Waals surface area (Å²) < 4.78 is 52.9. The number of nitrogens with zero attached hydrogens (tertiary/aromatic N) is 1. The molecule has 1 fully saturated rings. The average molecular weight is 248 g/mol.